The van der Waals surface area contributed by atoms with E-state index in [1.54, 1.807) is 0 Å². The van der Waals surface area contributed by atoms with Gasteiger partial charge in [0.05, 0.1) is 12.7 Å². The van der Waals surface area contributed by atoms with Gasteiger partial charge in [-0.25, -0.2) is 0 Å². The topological polar surface area (TPSA) is 24.5 Å². The summed E-state index contributed by atoms with van der Waals surface area (Å²) < 4.78 is 5.81. The number of hydrogen-bond acceptors (Lipinski definition) is 3. The molecule has 0 aliphatic carbocycles. The summed E-state index contributed by atoms with van der Waals surface area (Å²) in [6, 6.07) is 0.669. The highest BCUT2D eigenvalue weighted by Gasteiger charge is 2.31. The van der Waals surface area contributed by atoms with Crippen molar-refractivity contribution in [3.05, 3.63) is 10.6 Å². The average Bonchev–Trinajstić information content (AvgIpc) is 2.76. The molecule has 2 saturated heterocycles. The van der Waals surface area contributed by atoms with Crippen LogP contribution in [0.5, 0.6) is 0 Å². The number of ether oxygens (including phenoxy) is 1. The van der Waals surface area contributed by atoms with Crippen LogP contribution in [0, 0.1) is 0 Å². The molecule has 2 atom stereocenters. The van der Waals surface area contributed by atoms with Gasteiger partial charge in [-0.05, 0) is 19.4 Å². The molecule has 2 fully saturated rings. The molecule has 0 aromatic carbocycles. The van der Waals surface area contributed by atoms with E-state index in [2.05, 4.69) is 10.2 Å². The molecule has 0 saturated carbocycles. The van der Waals surface area contributed by atoms with Gasteiger partial charge in [-0.15, -0.1) is 0 Å². The van der Waals surface area contributed by atoms with Crippen LogP contribution in [0.4, 0.5) is 0 Å². The number of halogens is 2. The summed E-state index contributed by atoms with van der Waals surface area (Å²) in [5.41, 5.74) is 1.40. The van der Waals surface area contributed by atoms with E-state index in [1.165, 1.54) is 24.9 Å². The number of rotatable bonds is 4. The predicted molar refractivity (Wildman–Crippen MR) is 67.0 cm³/mol. The van der Waals surface area contributed by atoms with Crippen molar-refractivity contribution in [1.29, 1.82) is 0 Å². The molecule has 2 unspecified atom stereocenters. The highest BCUT2D eigenvalue weighted by molar-refractivity contribution is 6.36. The van der Waals surface area contributed by atoms with E-state index in [0.717, 1.165) is 19.7 Å². The van der Waals surface area contributed by atoms with E-state index in [9.17, 15) is 0 Å². The fraction of sp³-hybridized carbons (Fsp3) is 0.818. The van der Waals surface area contributed by atoms with Crippen LogP contribution in [0.15, 0.2) is 10.6 Å². The highest BCUT2D eigenvalue weighted by Crippen LogP contribution is 2.22. The molecule has 3 nitrogen and oxygen atoms in total. The Balaban J connectivity index is 1.67. The molecule has 2 aliphatic rings. The summed E-state index contributed by atoms with van der Waals surface area (Å²) in [5.74, 6) is 0. The van der Waals surface area contributed by atoms with Gasteiger partial charge in [0.25, 0.3) is 0 Å². The van der Waals surface area contributed by atoms with Gasteiger partial charge >= 0.3 is 0 Å². The van der Waals surface area contributed by atoms with Crippen LogP contribution in [-0.4, -0.2) is 49.8 Å². The van der Waals surface area contributed by atoms with Gasteiger partial charge < -0.3 is 10.1 Å². The van der Waals surface area contributed by atoms with E-state index >= 15 is 0 Å². The quantitative estimate of drug-likeness (QED) is 0.838. The molecule has 0 aromatic rings. The standard InChI is InChI=1S/C11H18Cl2N2O/c12-4-9(13)5-14-6-11-7-15-3-1-2-10(15)8-16-11/h4,10-11,14H,1-3,5-8H2. The number of nitrogens with one attached hydrogen (secondary N) is 1. The third-order valence-electron chi connectivity index (χ3n) is 3.25. The van der Waals surface area contributed by atoms with Gasteiger partial charge in [-0.1, -0.05) is 23.2 Å². The Morgan fingerprint density at radius 3 is 3.25 bits per heavy atom. The van der Waals surface area contributed by atoms with Gasteiger partial charge in [0.1, 0.15) is 0 Å². The minimum atomic E-state index is 0.286. The first-order valence-electron chi connectivity index (χ1n) is 5.80. The summed E-state index contributed by atoms with van der Waals surface area (Å²) in [4.78, 5) is 2.54. The Kier molecular flexibility index (Phi) is 4.92. The second kappa shape index (κ2) is 6.22. The molecule has 92 valence electrons. The van der Waals surface area contributed by atoms with Crippen LogP contribution in [0.1, 0.15) is 12.8 Å². The van der Waals surface area contributed by atoms with Gasteiger partial charge in [-0.2, -0.15) is 0 Å². The Hall–Kier alpha value is 0.200. The number of hydrogen-bond donors (Lipinski definition) is 1. The minimum Gasteiger partial charge on any atom is -0.374 e. The number of morpholine rings is 1. The van der Waals surface area contributed by atoms with Crippen molar-refractivity contribution < 1.29 is 4.74 Å². The maximum Gasteiger partial charge on any atom is 0.0827 e. The monoisotopic (exact) mass is 264 g/mol. The highest BCUT2D eigenvalue weighted by atomic mass is 35.5. The summed E-state index contributed by atoms with van der Waals surface area (Å²) in [7, 11) is 0. The summed E-state index contributed by atoms with van der Waals surface area (Å²) in [6.07, 6.45) is 2.89. The van der Waals surface area contributed by atoms with Crippen molar-refractivity contribution in [3.63, 3.8) is 0 Å². The molecule has 0 spiro atoms. The lowest BCUT2D eigenvalue weighted by Gasteiger charge is -2.35. The molecule has 0 amide bonds. The molecule has 0 aromatic heterocycles. The van der Waals surface area contributed by atoms with Crippen molar-refractivity contribution in [2.24, 2.45) is 0 Å². The molecule has 0 radical (unpaired) electrons. The molecule has 2 aliphatic heterocycles. The van der Waals surface area contributed by atoms with Crippen LogP contribution < -0.4 is 5.32 Å². The molecular weight excluding hydrogens is 247 g/mol. The van der Waals surface area contributed by atoms with E-state index in [4.69, 9.17) is 27.9 Å². The zero-order chi connectivity index (χ0) is 11.4. The smallest absolute Gasteiger partial charge is 0.0827 e. The van der Waals surface area contributed by atoms with Crippen molar-refractivity contribution in [1.82, 2.24) is 10.2 Å². The SMILES string of the molecule is ClC=C(Cl)CNCC1CN2CCCC2CO1. The normalized spacial score (nSPS) is 31.8. The largest absolute Gasteiger partial charge is 0.374 e. The van der Waals surface area contributed by atoms with E-state index in [-0.39, 0.29) is 6.10 Å². The van der Waals surface area contributed by atoms with Gasteiger partial charge in [0.15, 0.2) is 0 Å². The van der Waals surface area contributed by atoms with Crippen molar-refractivity contribution in [2.45, 2.75) is 25.0 Å². The Morgan fingerprint density at radius 1 is 1.56 bits per heavy atom. The zero-order valence-electron chi connectivity index (χ0n) is 9.29. The first-order chi connectivity index (χ1) is 7.79. The fourth-order valence-corrected chi connectivity index (χ4v) is 2.57. The molecule has 2 heterocycles. The number of nitrogens with zero attached hydrogens (tertiary/aromatic N) is 1. The van der Waals surface area contributed by atoms with E-state index in [1.807, 2.05) is 0 Å². The molecule has 2 rings (SSSR count). The minimum absolute atomic E-state index is 0.286. The van der Waals surface area contributed by atoms with E-state index < -0.39 is 0 Å². The Labute approximate surface area is 107 Å². The molecule has 1 N–H and O–H groups in total. The first kappa shape index (κ1) is 12.7. The summed E-state index contributed by atoms with van der Waals surface area (Å²) in [6.45, 7) is 4.61. The summed E-state index contributed by atoms with van der Waals surface area (Å²) in [5, 5.41) is 3.89. The van der Waals surface area contributed by atoms with E-state index in [0.29, 0.717) is 17.6 Å². The maximum absolute atomic E-state index is 5.81. The lowest BCUT2D eigenvalue weighted by atomic mass is 10.2. The zero-order valence-corrected chi connectivity index (χ0v) is 10.8. The maximum atomic E-state index is 5.81. The molecule has 0 bridgehead atoms. The predicted octanol–water partition coefficient (Wildman–Crippen LogP) is 1.76. The van der Waals surface area contributed by atoms with Gasteiger partial charge in [0, 0.05) is 36.2 Å². The Bertz CT molecular complexity index is 260. The molecule has 16 heavy (non-hydrogen) atoms. The van der Waals surface area contributed by atoms with Gasteiger partial charge in [0.2, 0.25) is 0 Å². The first-order valence-corrected chi connectivity index (χ1v) is 6.62. The van der Waals surface area contributed by atoms with Crippen molar-refractivity contribution >= 4 is 23.2 Å². The average molecular weight is 265 g/mol. The van der Waals surface area contributed by atoms with Crippen LogP contribution in [0.3, 0.4) is 0 Å². The molecular formula is C11H18Cl2N2O. The van der Waals surface area contributed by atoms with Gasteiger partial charge in [-0.3, -0.25) is 4.90 Å². The molecule has 5 heteroatoms. The second-order valence-corrected chi connectivity index (χ2v) is 5.14. The second-order valence-electron chi connectivity index (χ2n) is 4.43. The lowest BCUT2D eigenvalue weighted by Crippen LogP contribution is -2.49. The van der Waals surface area contributed by atoms with Crippen LogP contribution in [0.25, 0.3) is 0 Å². The third-order valence-corrected chi connectivity index (χ3v) is 3.86. The van der Waals surface area contributed by atoms with Crippen molar-refractivity contribution in [3.8, 4) is 0 Å². The fourth-order valence-electron chi connectivity index (χ4n) is 2.40. The Morgan fingerprint density at radius 2 is 2.44 bits per heavy atom. The summed E-state index contributed by atoms with van der Waals surface area (Å²) >= 11 is 11.3. The van der Waals surface area contributed by atoms with Crippen molar-refractivity contribution in [2.75, 3.05) is 32.8 Å². The number of fused-ring (bicyclic) bond motifs is 1. The lowest BCUT2D eigenvalue weighted by molar-refractivity contribution is -0.0465. The third kappa shape index (κ3) is 3.34. The van der Waals surface area contributed by atoms with Crippen LogP contribution in [0.2, 0.25) is 0 Å². The van der Waals surface area contributed by atoms with Crippen LogP contribution in [-0.2, 0) is 4.74 Å². The van der Waals surface area contributed by atoms with Crippen LogP contribution >= 0.6 is 23.2 Å².